The van der Waals surface area contributed by atoms with Crippen molar-refractivity contribution in [2.24, 2.45) is 5.92 Å². The van der Waals surface area contributed by atoms with E-state index < -0.39 is 30.4 Å². The Bertz CT molecular complexity index is 1650. The van der Waals surface area contributed by atoms with Crippen molar-refractivity contribution in [3.05, 3.63) is 137 Å². The van der Waals surface area contributed by atoms with E-state index in [1.165, 1.54) is 7.11 Å². The van der Waals surface area contributed by atoms with Gasteiger partial charge in [0.2, 0.25) is 0 Å². The molecule has 0 bridgehead atoms. The van der Waals surface area contributed by atoms with Crippen LogP contribution in [0.4, 0.5) is 10.5 Å². The summed E-state index contributed by atoms with van der Waals surface area (Å²) in [7, 11) is 3.28. The van der Waals surface area contributed by atoms with Crippen LogP contribution in [0, 0.1) is 5.92 Å². The Morgan fingerprint density at radius 3 is 2.10 bits per heavy atom. The van der Waals surface area contributed by atoms with Crippen LogP contribution in [-0.4, -0.2) is 66.0 Å². The highest BCUT2D eigenvalue weighted by Gasteiger charge is 2.39. The number of carbonyl (C=O) groups excluding carboxylic acids is 2. The highest BCUT2D eigenvalue weighted by molar-refractivity contribution is 5.92. The molecule has 5 rings (SSSR count). The van der Waals surface area contributed by atoms with E-state index in [0.717, 1.165) is 27.8 Å². The number of hydrogen-bond donors (Lipinski definition) is 4. The molecule has 1 fully saturated rings. The van der Waals surface area contributed by atoms with Crippen molar-refractivity contribution in [1.82, 2.24) is 10.2 Å². The summed E-state index contributed by atoms with van der Waals surface area (Å²) in [6, 6.07) is 32.4. The summed E-state index contributed by atoms with van der Waals surface area (Å²) in [4.78, 5) is 27.5. The molecule has 1 aliphatic heterocycles. The molecule has 1 saturated heterocycles. The summed E-state index contributed by atoms with van der Waals surface area (Å²) < 4.78 is 18.1. The van der Waals surface area contributed by atoms with Gasteiger partial charge in [-0.05, 0) is 48.4 Å². The Kier molecular flexibility index (Phi) is 12.8. The Balaban J connectivity index is 1.30. The number of likely N-dealkylation sites (N-methyl/N-ethyl adjacent to an activating group) is 1. The fourth-order valence-corrected chi connectivity index (χ4v) is 6.18. The van der Waals surface area contributed by atoms with Gasteiger partial charge in [-0.1, -0.05) is 104 Å². The minimum absolute atomic E-state index is 0.0435. The molecule has 2 amide bonds. The first-order valence-corrected chi connectivity index (χ1v) is 16.9. The van der Waals surface area contributed by atoms with Crippen molar-refractivity contribution in [3.63, 3.8) is 0 Å². The minimum Gasteiger partial charge on any atom is -0.467 e. The normalized spacial score (nSPS) is 20.8. The van der Waals surface area contributed by atoms with E-state index in [1.807, 2.05) is 111 Å². The van der Waals surface area contributed by atoms with Gasteiger partial charge in [0.05, 0.1) is 32.0 Å². The molecule has 10 nitrogen and oxygen atoms in total. The maximum atomic E-state index is 12.9. The second kappa shape index (κ2) is 17.4. The molecule has 0 saturated carbocycles. The Morgan fingerprint density at radius 1 is 0.860 bits per heavy atom. The lowest BCUT2D eigenvalue weighted by atomic mass is 9.89. The van der Waals surface area contributed by atoms with Crippen LogP contribution in [0.3, 0.4) is 0 Å². The summed E-state index contributed by atoms with van der Waals surface area (Å²) in [6.07, 6.45) is -1.65. The summed E-state index contributed by atoms with van der Waals surface area (Å²) in [5.41, 5.74) is 4.82. The molecule has 264 valence electrons. The van der Waals surface area contributed by atoms with Gasteiger partial charge in [-0.3, -0.25) is 4.90 Å². The molecule has 0 unspecified atom stereocenters. The van der Waals surface area contributed by atoms with Gasteiger partial charge >= 0.3 is 12.0 Å². The van der Waals surface area contributed by atoms with E-state index in [2.05, 4.69) is 22.5 Å². The number of anilines is 1. The smallest absolute Gasteiger partial charge is 0.328 e. The quantitative estimate of drug-likeness (QED) is 0.128. The summed E-state index contributed by atoms with van der Waals surface area (Å²) in [5.74, 6) is -0.581. The Labute approximate surface area is 294 Å². The van der Waals surface area contributed by atoms with E-state index in [1.54, 1.807) is 12.1 Å². The van der Waals surface area contributed by atoms with Crippen LogP contribution in [0.25, 0.3) is 0 Å². The largest absolute Gasteiger partial charge is 0.467 e. The topological polar surface area (TPSA) is 130 Å². The van der Waals surface area contributed by atoms with Crippen LogP contribution in [0.15, 0.2) is 109 Å². The summed E-state index contributed by atoms with van der Waals surface area (Å²) in [5, 5.41) is 26.2. The second-order valence-electron chi connectivity index (χ2n) is 12.8. The highest BCUT2D eigenvalue weighted by Crippen LogP contribution is 2.42. The van der Waals surface area contributed by atoms with E-state index in [9.17, 15) is 19.8 Å². The van der Waals surface area contributed by atoms with E-state index in [0.29, 0.717) is 18.7 Å². The first-order chi connectivity index (χ1) is 24.2. The number of aliphatic hydroxyl groups excluding tert-OH is 2. The van der Waals surface area contributed by atoms with Crippen LogP contribution in [0.2, 0.25) is 0 Å². The molecule has 4 aromatic carbocycles. The number of rotatable bonds is 13. The van der Waals surface area contributed by atoms with Crippen molar-refractivity contribution in [3.8, 4) is 0 Å². The molecule has 50 heavy (non-hydrogen) atoms. The predicted octanol–water partition coefficient (Wildman–Crippen LogP) is 5.93. The van der Waals surface area contributed by atoms with Crippen LogP contribution in [0.5, 0.6) is 0 Å². The standard InChI is InChI=1S/C40H47N3O7/c1-26-35(24-43(3)27(2)36(45)30-13-9-6-10-14-30)49-39(50-37(26)31-17-15-29(25-44)16-18-31)32-19-21-33(22-20-32)41-40(47)42-34(38(46)48-4)23-28-11-7-5-8-12-28/h5-22,26-27,34-37,39,44-45H,23-25H2,1-4H3,(H2,41,42,47)/t26-,27-,34+,35+,36-,37+,39+/m1/s1. The van der Waals surface area contributed by atoms with Crippen LogP contribution < -0.4 is 10.6 Å². The van der Waals surface area contributed by atoms with Gasteiger partial charge < -0.3 is 35.1 Å². The van der Waals surface area contributed by atoms with E-state index in [4.69, 9.17) is 14.2 Å². The summed E-state index contributed by atoms with van der Waals surface area (Å²) >= 11 is 0. The molecule has 1 aliphatic rings. The molecule has 0 aromatic heterocycles. The second-order valence-corrected chi connectivity index (χ2v) is 12.8. The van der Waals surface area contributed by atoms with E-state index in [-0.39, 0.29) is 30.8 Å². The first-order valence-electron chi connectivity index (χ1n) is 16.9. The van der Waals surface area contributed by atoms with Gasteiger partial charge in [-0.25, -0.2) is 9.59 Å². The zero-order chi connectivity index (χ0) is 35.6. The molecule has 4 aromatic rings. The molecule has 0 aliphatic carbocycles. The molecule has 0 radical (unpaired) electrons. The zero-order valence-corrected chi connectivity index (χ0v) is 28.9. The number of nitrogens with zero attached hydrogens (tertiary/aromatic N) is 1. The third-order valence-electron chi connectivity index (χ3n) is 9.40. The van der Waals surface area contributed by atoms with Gasteiger partial charge in [0.25, 0.3) is 0 Å². The fourth-order valence-electron chi connectivity index (χ4n) is 6.18. The number of hydrogen-bond acceptors (Lipinski definition) is 8. The number of carbonyl (C=O) groups is 2. The molecule has 0 spiro atoms. The molecule has 10 heteroatoms. The SMILES string of the molecule is COC(=O)[C@H](Cc1ccccc1)NC(=O)Nc1ccc([C@H]2O[C@@H](CN(C)[C@H](C)[C@@H](O)c3ccccc3)[C@@H](C)[C@@H](c3ccc(CO)cc3)O2)cc1. The number of amides is 2. The number of benzene rings is 4. The van der Waals surface area contributed by atoms with Gasteiger partial charge in [-0.15, -0.1) is 0 Å². The fraction of sp³-hybridized carbons (Fsp3) is 0.350. The van der Waals surface area contributed by atoms with Gasteiger partial charge in [0.1, 0.15) is 6.04 Å². The summed E-state index contributed by atoms with van der Waals surface area (Å²) in [6.45, 7) is 4.60. The maximum Gasteiger partial charge on any atom is 0.328 e. The maximum absolute atomic E-state index is 12.9. The predicted molar refractivity (Wildman–Crippen MR) is 191 cm³/mol. The molecule has 1 heterocycles. The van der Waals surface area contributed by atoms with E-state index >= 15 is 0 Å². The molecule has 7 atom stereocenters. The lowest BCUT2D eigenvalue weighted by molar-refractivity contribution is -0.276. The minimum atomic E-state index is -0.859. The average molecular weight is 682 g/mol. The van der Waals surface area contributed by atoms with Crippen LogP contribution in [0.1, 0.15) is 60.2 Å². The number of aliphatic hydroxyl groups is 2. The third kappa shape index (κ3) is 9.35. The Hall–Kier alpha value is -4.58. The number of urea groups is 1. The zero-order valence-electron chi connectivity index (χ0n) is 28.9. The number of nitrogens with one attached hydrogen (secondary N) is 2. The monoisotopic (exact) mass is 681 g/mol. The number of esters is 1. The van der Waals surface area contributed by atoms with Crippen LogP contribution >= 0.6 is 0 Å². The van der Waals surface area contributed by atoms with Gasteiger partial charge in [-0.2, -0.15) is 0 Å². The first kappa shape index (κ1) is 36.7. The van der Waals surface area contributed by atoms with Gasteiger partial charge in [0.15, 0.2) is 6.29 Å². The Morgan fingerprint density at radius 2 is 1.48 bits per heavy atom. The third-order valence-corrected chi connectivity index (χ3v) is 9.40. The molecule has 4 N–H and O–H groups in total. The molecular formula is C40H47N3O7. The van der Waals surface area contributed by atoms with Crippen molar-refractivity contribution >= 4 is 17.7 Å². The molecular weight excluding hydrogens is 634 g/mol. The van der Waals surface area contributed by atoms with Crippen molar-refractivity contribution in [1.29, 1.82) is 0 Å². The van der Waals surface area contributed by atoms with Crippen molar-refractivity contribution in [2.45, 2.75) is 63.6 Å². The lowest BCUT2D eigenvalue weighted by Gasteiger charge is -2.43. The average Bonchev–Trinajstić information content (AvgIpc) is 3.15. The lowest BCUT2D eigenvalue weighted by Crippen LogP contribution is -2.46. The van der Waals surface area contributed by atoms with Gasteiger partial charge in [0, 0.05) is 36.2 Å². The number of methoxy groups -OCH3 is 1. The van der Waals surface area contributed by atoms with Crippen LogP contribution in [-0.2, 0) is 32.0 Å². The van der Waals surface area contributed by atoms with Crippen molar-refractivity contribution in [2.75, 3.05) is 26.0 Å². The number of ether oxygens (including phenoxy) is 3. The highest BCUT2D eigenvalue weighted by atomic mass is 16.7. The van der Waals surface area contributed by atoms with Crippen molar-refractivity contribution < 1.29 is 34.0 Å².